The molecule has 0 fully saturated rings. The van der Waals surface area contributed by atoms with Crippen LogP contribution in [0.25, 0.3) is 11.4 Å². The highest BCUT2D eigenvalue weighted by Crippen LogP contribution is 2.29. The molecule has 0 saturated heterocycles. The molecule has 0 aliphatic rings. The van der Waals surface area contributed by atoms with E-state index in [1.165, 1.54) is 0 Å². The van der Waals surface area contributed by atoms with Gasteiger partial charge in [-0.1, -0.05) is 39.8 Å². The quantitative estimate of drug-likeness (QED) is 0.571. The first kappa shape index (κ1) is 18.3. The van der Waals surface area contributed by atoms with Crippen LogP contribution in [-0.4, -0.2) is 31.3 Å². The van der Waals surface area contributed by atoms with E-state index >= 15 is 0 Å². The number of H-pyrrole nitrogens is 2. The molecule has 136 valence electrons. The number of carbonyl (C=O) groups excluding carboxylic acids is 1. The van der Waals surface area contributed by atoms with Crippen molar-refractivity contribution in [2.24, 2.45) is 0 Å². The lowest BCUT2D eigenvalue weighted by molar-refractivity contribution is 0.102. The number of halogens is 1. The van der Waals surface area contributed by atoms with Crippen LogP contribution in [0.5, 0.6) is 0 Å². The highest BCUT2D eigenvalue weighted by atomic mass is 79.9. The minimum Gasteiger partial charge on any atom is -0.320 e. The summed E-state index contributed by atoms with van der Waals surface area (Å²) in [4.78, 5) is 17.2. The molecule has 3 aromatic rings. The third kappa shape index (κ3) is 3.55. The Morgan fingerprint density at radius 1 is 1.08 bits per heavy atom. The van der Waals surface area contributed by atoms with Crippen LogP contribution in [0.1, 0.15) is 61.5 Å². The summed E-state index contributed by atoms with van der Waals surface area (Å²) in [5, 5.41) is 17.2. The summed E-state index contributed by atoms with van der Waals surface area (Å²) in [6.45, 7) is 8.15. The second kappa shape index (κ2) is 7.41. The number of aromatic amines is 2. The number of carbonyl (C=O) groups is 1. The van der Waals surface area contributed by atoms with Crippen LogP contribution in [0.3, 0.4) is 0 Å². The highest BCUT2D eigenvalue weighted by molar-refractivity contribution is 9.10. The van der Waals surface area contributed by atoms with Crippen LogP contribution >= 0.6 is 15.9 Å². The van der Waals surface area contributed by atoms with Crippen molar-refractivity contribution in [1.82, 2.24) is 25.4 Å². The Labute approximate surface area is 160 Å². The third-order valence-electron chi connectivity index (χ3n) is 3.99. The van der Waals surface area contributed by atoms with Gasteiger partial charge in [0.05, 0.1) is 15.9 Å². The number of hydrogen-bond acceptors (Lipinski definition) is 4. The summed E-state index contributed by atoms with van der Waals surface area (Å²) >= 11 is 3.46. The normalized spacial score (nSPS) is 11.3. The van der Waals surface area contributed by atoms with Gasteiger partial charge in [0.25, 0.3) is 5.91 Å². The number of anilines is 1. The summed E-state index contributed by atoms with van der Waals surface area (Å²) in [7, 11) is 0. The fourth-order valence-electron chi connectivity index (χ4n) is 2.50. The van der Waals surface area contributed by atoms with Crippen LogP contribution in [0.4, 0.5) is 5.69 Å². The highest BCUT2D eigenvalue weighted by Gasteiger charge is 2.21. The molecule has 3 N–H and O–H groups in total. The van der Waals surface area contributed by atoms with Crippen molar-refractivity contribution in [3.8, 4) is 11.4 Å². The zero-order valence-electron chi connectivity index (χ0n) is 15.1. The largest absolute Gasteiger partial charge is 0.320 e. The Kier molecular flexibility index (Phi) is 5.22. The van der Waals surface area contributed by atoms with Gasteiger partial charge in [-0.25, -0.2) is 4.98 Å². The molecule has 0 aliphatic heterocycles. The molecule has 3 rings (SSSR count). The maximum absolute atomic E-state index is 12.7. The maximum atomic E-state index is 12.7. The van der Waals surface area contributed by atoms with Gasteiger partial charge < -0.3 is 5.32 Å². The number of aromatic nitrogens is 5. The van der Waals surface area contributed by atoms with Gasteiger partial charge in [-0.3, -0.25) is 15.0 Å². The number of rotatable bonds is 5. The lowest BCUT2D eigenvalue weighted by atomic mass is 10.1. The summed E-state index contributed by atoms with van der Waals surface area (Å²) in [6, 6.07) is 7.44. The topological polar surface area (TPSA) is 99.3 Å². The maximum Gasteiger partial charge on any atom is 0.277 e. The first-order valence-corrected chi connectivity index (χ1v) is 9.24. The van der Waals surface area contributed by atoms with E-state index in [4.69, 9.17) is 0 Å². The molecule has 1 aromatic carbocycles. The van der Waals surface area contributed by atoms with Crippen molar-refractivity contribution in [1.29, 1.82) is 0 Å². The average Bonchev–Trinajstić information content (AvgIpc) is 3.22. The van der Waals surface area contributed by atoms with Crippen LogP contribution in [0.2, 0.25) is 0 Å². The van der Waals surface area contributed by atoms with Gasteiger partial charge in [0, 0.05) is 11.5 Å². The minimum absolute atomic E-state index is 0.230. The van der Waals surface area contributed by atoms with Gasteiger partial charge in [-0.15, -0.1) is 0 Å². The first-order chi connectivity index (χ1) is 12.4. The molecule has 0 radical (unpaired) electrons. The van der Waals surface area contributed by atoms with Crippen molar-refractivity contribution in [3.05, 3.63) is 46.0 Å². The zero-order valence-corrected chi connectivity index (χ0v) is 16.7. The molecule has 2 heterocycles. The molecule has 0 aliphatic carbocycles. The lowest BCUT2D eigenvalue weighted by Gasteiger charge is -2.08. The van der Waals surface area contributed by atoms with Gasteiger partial charge in [0.15, 0.2) is 11.5 Å². The molecule has 0 atom stereocenters. The molecule has 8 heteroatoms. The summed E-state index contributed by atoms with van der Waals surface area (Å²) in [6.07, 6.45) is 0. The number of nitrogens with one attached hydrogen (secondary N) is 3. The van der Waals surface area contributed by atoms with Crippen LogP contribution in [0, 0.1) is 0 Å². The van der Waals surface area contributed by atoms with E-state index < -0.39 is 0 Å². The van der Waals surface area contributed by atoms with E-state index in [2.05, 4.69) is 46.6 Å². The van der Waals surface area contributed by atoms with Gasteiger partial charge in [0.2, 0.25) is 0 Å². The van der Waals surface area contributed by atoms with Crippen LogP contribution in [0.15, 0.2) is 28.7 Å². The van der Waals surface area contributed by atoms with E-state index in [0.717, 1.165) is 17.1 Å². The van der Waals surface area contributed by atoms with E-state index in [0.29, 0.717) is 21.7 Å². The Hall–Kier alpha value is -2.48. The fourth-order valence-corrected chi connectivity index (χ4v) is 3.31. The van der Waals surface area contributed by atoms with E-state index in [1.807, 2.05) is 52.0 Å². The van der Waals surface area contributed by atoms with E-state index in [1.54, 1.807) is 0 Å². The lowest BCUT2D eigenvalue weighted by Crippen LogP contribution is -2.14. The van der Waals surface area contributed by atoms with Crippen molar-refractivity contribution in [2.45, 2.75) is 39.5 Å². The van der Waals surface area contributed by atoms with Crippen molar-refractivity contribution in [3.63, 3.8) is 0 Å². The van der Waals surface area contributed by atoms with Crippen LogP contribution < -0.4 is 5.32 Å². The molecular weight excluding hydrogens is 396 g/mol. The molecule has 0 spiro atoms. The second-order valence-electron chi connectivity index (χ2n) is 6.65. The fraction of sp³-hybridized carbons (Fsp3) is 0.333. The number of benzene rings is 1. The molecule has 0 bridgehead atoms. The van der Waals surface area contributed by atoms with Crippen molar-refractivity contribution >= 4 is 27.5 Å². The Morgan fingerprint density at radius 3 is 2.42 bits per heavy atom. The van der Waals surface area contributed by atoms with E-state index in [-0.39, 0.29) is 17.7 Å². The second-order valence-corrected chi connectivity index (χ2v) is 7.45. The smallest absolute Gasteiger partial charge is 0.277 e. The van der Waals surface area contributed by atoms with Gasteiger partial charge >= 0.3 is 0 Å². The molecular formula is C18H21BrN6O. The summed E-state index contributed by atoms with van der Waals surface area (Å²) in [5.74, 6) is 1.53. The molecule has 0 unspecified atom stereocenters. The van der Waals surface area contributed by atoms with Gasteiger partial charge in [0.1, 0.15) is 5.82 Å². The number of para-hydroxylation sites is 1. The first-order valence-electron chi connectivity index (χ1n) is 8.45. The van der Waals surface area contributed by atoms with Crippen molar-refractivity contribution in [2.75, 3.05) is 5.32 Å². The third-order valence-corrected chi connectivity index (χ3v) is 4.79. The minimum atomic E-state index is -0.299. The van der Waals surface area contributed by atoms with Crippen LogP contribution in [-0.2, 0) is 0 Å². The van der Waals surface area contributed by atoms with Crippen molar-refractivity contribution < 1.29 is 4.79 Å². The Bertz CT molecular complexity index is 927. The molecule has 1 amide bonds. The predicted molar refractivity (Wildman–Crippen MR) is 104 cm³/mol. The summed E-state index contributed by atoms with van der Waals surface area (Å²) < 4.78 is 0.683. The van der Waals surface area contributed by atoms with E-state index in [9.17, 15) is 4.79 Å². The monoisotopic (exact) mass is 416 g/mol. The standard InChI is InChI=1S/C18H21BrN6O/c1-9(2)14-13(19)15(23-22-14)18(26)20-12-8-6-5-7-11(12)17-21-16(10(3)4)24-25-17/h5-10H,1-4H3,(H,20,26)(H,22,23)(H,21,24,25). The molecule has 2 aromatic heterocycles. The van der Waals surface area contributed by atoms with Gasteiger partial charge in [-0.05, 0) is 34.0 Å². The molecule has 7 nitrogen and oxygen atoms in total. The number of hydrogen-bond donors (Lipinski definition) is 3. The number of amides is 1. The SMILES string of the molecule is CC(C)c1nc(-c2ccccc2NC(=O)c2n[nH]c(C(C)C)c2Br)n[nH]1. The van der Waals surface area contributed by atoms with Gasteiger partial charge in [-0.2, -0.15) is 10.2 Å². The average molecular weight is 417 g/mol. The summed E-state index contributed by atoms with van der Waals surface area (Å²) in [5.41, 5.74) is 2.59. The predicted octanol–water partition coefficient (Wildman–Crippen LogP) is 4.46. The molecule has 0 saturated carbocycles. The number of nitrogens with zero attached hydrogens (tertiary/aromatic N) is 3. The molecule has 26 heavy (non-hydrogen) atoms. The Morgan fingerprint density at radius 2 is 1.81 bits per heavy atom. The zero-order chi connectivity index (χ0) is 18.8. The Balaban J connectivity index is 1.90.